The summed E-state index contributed by atoms with van der Waals surface area (Å²) >= 11 is 0. The van der Waals surface area contributed by atoms with Gasteiger partial charge in [-0.05, 0) is 6.92 Å². The Hall–Kier alpha value is -1.72. The van der Waals surface area contributed by atoms with Gasteiger partial charge in [0.25, 0.3) is 5.56 Å². The van der Waals surface area contributed by atoms with Crippen LogP contribution in [0.2, 0.25) is 0 Å². The van der Waals surface area contributed by atoms with Gasteiger partial charge in [0, 0.05) is 12.6 Å². The van der Waals surface area contributed by atoms with Crippen LogP contribution in [0, 0.1) is 0 Å². The molecule has 13 heavy (non-hydrogen) atoms. The fourth-order valence-electron chi connectivity index (χ4n) is 1.30. The third-order valence-electron chi connectivity index (χ3n) is 1.90. The largest absolute Gasteiger partial charge is 0.373 e. The lowest BCUT2D eigenvalue weighted by Crippen LogP contribution is -2.35. The van der Waals surface area contributed by atoms with E-state index < -0.39 is 0 Å². The van der Waals surface area contributed by atoms with Crippen LogP contribution < -0.4 is 21.9 Å². The van der Waals surface area contributed by atoms with E-state index in [2.05, 4.69) is 20.6 Å². The standard InChI is InChI=1S/C7H11N5O/c1-3-2-9-5-4(10-3)6(13)12-7(8)11-5/h3,10H,2H2,1H3,(H4,8,9,11,12,13)/t3-/m0/s1. The monoisotopic (exact) mass is 181 g/mol. The molecule has 2 heterocycles. The number of hydrogen-bond acceptors (Lipinski definition) is 5. The van der Waals surface area contributed by atoms with Crippen molar-refractivity contribution in [1.82, 2.24) is 9.97 Å². The van der Waals surface area contributed by atoms with Gasteiger partial charge in [0.1, 0.15) is 5.69 Å². The van der Waals surface area contributed by atoms with Gasteiger partial charge in [-0.3, -0.25) is 9.78 Å². The van der Waals surface area contributed by atoms with Crippen LogP contribution in [0.5, 0.6) is 0 Å². The molecule has 6 nitrogen and oxygen atoms in total. The van der Waals surface area contributed by atoms with Crippen LogP contribution in [-0.4, -0.2) is 22.6 Å². The normalized spacial score (nSPS) is 19.9. The Morgan fingerprint density at radius 1 is 1.62 bits per heavy atom. The van der Waals surface area contributed by atoms with Gasteiger partial charge < -0.3 is 16.4 Å². The first-order valence-electron chi connectivity index (χ1n) is 4.07. The molecule has 0 amide bonds. The Balaban J connectivity index is 2.53. The predicted molar refractivity (Wildman–Crippen MR) is 50.8 cm³/mol. The zero-order chi connectivity index (χ0) is 9.42. The number of aromatic amines is 1. The quantitative estimate of drug-likeness (QED) is 0.436. The molecule has 5 N–H and O–H groups in total. The minimum absolute atomic E-state index is 0.132. The van der Waals surface area contributed by atoms with Gasteiger partial charge in [-0.2, -0.15) is 4.98 Å². The number of nitrogen functional groups attached to an aromatic ring is 1. The summed E-state index contributed by atoms with van der Waals surface area (Å²) in [7, 11) is 0. The van der Waals surface area contributed by atoms with Crippen molar-refractivity contribution in [3.05, 3.63) is 10.4 Å². The van der Waals surface area contributed by atoms with Crippen molar-refractivity contribution in [2.75, 3.05) is 22.9 Å². The fourth-order valence-corrected chi connectivity index (χ4v) is 1.30. The average molecular weight is 181 g/mol. The Labute approximate surface area is 74.6 Å². The van der Waals surface area contributed by atoms with Crippen LogP contribution in [0.3, 0.4) is 0 Å². The van der Waals surface area contributed by atoms with Crippen LogP contribution in [0.1, 0.15) is 6.92 Å². The number of anilines is 3. The molecule has 1 aromatic heterocycles. The van der Waals surface area contributed by atoms with Crippen molar-refractivity contribution >= 4 is 17.5 Å². The predicted octanol–water partition coefficient (Wildman–Crippen LogP) is -0.422. The third-order valence-corrected chi connectivity index (χ3v) is 1.90. The highest BCUT2D eigenvalue weighted by Crippen LogP contribution is 2.18. The smallest absolute Gasteiger partial charge is 0.277 e. The second-order valence-electron chi connectivity index (χ2n) is 3.10. The van der Waals surface area contributed by atoms with Gasteiger partial charge in [0.05, 0.1) is 0 Å². The summed E-state index contributed by atoms with van der Waals surface area (Å²) in [5.74, 6) is 0.659. The summed E-state index contributed by atoms with van der Waals surface area (Å²) in [4.78, 5) is 17.7. The number of aromatic nitrogens is 2. The first-order chi connectivity index (χ1) is 6.16. The first-order valence-corrected chi connectivity index (χ1v) is 4.07. The molecule has 0 bridgehead atoms. The van der Waals surface area contributed by atoms with Crippen molar-refractivity contribution in [2.24, 2.45) is 0 Å². The van der Waals surface area contributed by atoms with Crippen LogP contribution in [0.4, 0.5) is 17.5 Å². The van der Waals surface area contributed by atoms with Crippen molar-refractivity contribution in [2.45, 2.75) is 13.0 Å². The molecule has 0 spiro atoms. The van der Waals surface area contributed by atoms with Gasteiger partial charge in [-0.1, -0.05) is 0 Å². The number of H-pyrrole nitrogens is 1. The number of nitrogens with two attached hydrogens (primary N) is 1. The van der Waals surface area contributed by atoms with E-state index >= 15 is 0 Å². The lowest BCUT2D eigenvalue weighted by molar-refractivity contribution is 0.803. The van der Waals surface area contributed by atoms with E-state index in [0.29, 0.717) is 11.5 Å². The Kier molecular flexibility index (Phi) is 1.61. The van der Waals surface area contributed by atoms with Gasteiger partial charge in [0.15, 0.2) is 5.82 Å². The van der Waals surface area contributed by atoms with Crippen molar-refractivity contribution in [3.8, 4) is 0 Å². The number of fused-ring (bicyclic) bond motifs is 1. The van der Waals surface area contributed by atoms with E-state index in [9.17, 15) is 4.79 Å². The van der Waals surface area contributed by atoms with Crippen LogP contribution >= 0.6 is 0 Å². The van der Waals surface area contributed by atoms with Crippen LogP contribution in [0.25, 0.3) is 0 Å². The van der Waals surface area contributed by atoms with E-state index in [-0.39, 0.29) is 17.5 Å². The Morgan fingerprint density at radius 3 is 3.15 bits per heavy atom. The van der Waals surface area contributed by atoms with Crippen molar-refractivity contribution < 1.29 is 0 Å². The van der Waals surface area contributed by atoms with Crippen LogP contribution in [0.15, 0.2) is 4.79 Å². The number of rotatable bonds is 0. The van der Waals surface area contributed by atoms with E-state index in [1.165, 1.54) is 0 Å². The van der Waals surface area contributed by atoms with E-state index in [0.717, 1.165) is 6.54 Å². The molecular formula is C7H11N5O. The minimum atomic E-state index is -0.235. The van der Waals surface area contributed by atoms with Crippen molar-refractivity contribution in [1.29, 1.82) is 0 Å². The highest BCUT2D eigenvalue weighted by Gasteiger charge is 2.17. The molecule has 1 aliphatic heterocycles. The first kappa shape index (κ1) is 7.90. The summed E-state index contributed by atoms with van der Waals surface area (Å²) in [5, 5.41) is 6.05. The molecule has 1 aliphatic rings. The maximum atomic E-state index is 11.4. The summed E-state index contributed by atoms with van der Waals surface area (Å²) in [6.07, 6.45) is 0. The average Bonchev–Trinajstić information content (AvgIpc) is 2.06. The van der Waals surface area contributed by atoms with Crippen LogP contribution in [-0.2, 0) is 0 Å². The lowest BCUT2D eigenvalue weighted by atomic mass is 10.2. The van der Waals surface area contributed by atoms with Gasteiger partial charge in [-0.15, -0.1) is 0 Å². The molecule has 1 aromatic rings. The number of nitrogens with zero attached hydrogens (tertiary/aromatic N) is 1. The summed E-state index contributed by atoms with van der Waals surface area (Å²) in [5.41, 5.74) is 5.61. The summed E-state index contributed by atoms with van der Waals surface area (Å²) < 4.78 is 0. The minimum Gasteiger partial charge on any atom is -0.373 e. The summed E-state index contributed by atoms with van der Waals surface area (Å²) in [6, 6.07) is 0.221. The van der Waals surface area contributed by atoms with Gasteiger partial charge >= 0.3 is 0 Å². The maximum Gasteiger partial charge on any atom is 0.277 e. The van der Waals surface area contributed by atoms with Crippen molar-refractivity contribution in [3.63, 3.8) is 0 Å². The Morgan fingerprint density at radius 2 is 2.38 bits per heavy atom. The topological polar surface area (TPSA) is 95.8 Å². The van der Waals surface area contributed by atoms with Gasteiger partial charge in [-0.25, -0.2) is 0 Å². The molecule has 6 heteroatoms. The molecule has 0 saturated heterocycles. The number of nitrogens with one attached hydrogen (secondary N) is 3. The molecular weight excluding hydrogens is 170 g/mol. The molecule has 0 aromatic carbocycles. The van der Waals surface area contributed by atoms with E-state index in [1.54, 1.807) is 0 Å². The molecule has 0 aliphatic carbocycles. The molecule has 0 unspecified atom stereocenters. The fraction of sp³-hybridized carbons (Fsp3) is 0.429. The maximum absolute atomic E-state index is 11.4. The highest BCUT2D eigenvalue weighted by molar-refractivity contribution is 5.66. The molecule has 1 atom stereocenters. The summed E-state index contributed by atoms with van der Waals surface area (Å²) in [6.45, 7) is 2.72. The third kappa shape index (κ3) is 1.30. The second-order valence-corrected chi connectivity index (χ2v) is 3.10. The lowest BCUT2D eigenvalue weighted by Gasteiger charge is -2.23. The zero-order valence-corrected chi connectivity index (χ0v) is 7.22. The van der Waals surface area contributed by atoms with Gasteiger partial charge in [0.2, 0.25) is 5.95 Å². The van der Waals surface area contributed by atoms with E-state index in [1.807, 2.05) is 6.92 Å². The second kappa shape index (κ2) is 2.65. The molecule has 70 valence electrons. The number of hydrogen-bond donors (Lipinski definition) is 4. The Bertz CT molecular complexity index is 385. The molecule has 0 saturated carbocycles. The zero-order valence-electron chi connectivity index (χ0n) is 7.22. The molecule has 0 fully saturated rings. The molecule has 2 rings (SSSR count). The SMILES string of the molecule is C[C@H]1CNc2nc(N)[nH]c(=O)c2N1. The highest BCUT2D eigenvalue weighted by atomic mass is 16.1. The molecule has 0 radical (unpaired) electrons. The van der Waals surface area contributed by atoms with E-state index in [4.69, 9.17) is 5.73 Å².